The first kappa shape index (κ1) is 15.5. The molecule has 0 aliphatic rings. The van der Waals surface area contributed by atoms with Crippen LogP contribution in [0.1, 0.15) is 10.4 Å². The second kappa shape index (κ2) is 5.64. The molecule has 0 aromatic carbocycles. The van der Waals surface area contributed by atoms with Gasteiger partial charge in [0, 0.05) is 24.5 Å². The SMILES string of the molecule is O=C(c1ccn(CCOCC(F)(F)F)c1)C(F)(F)F. The summed E-state index contributed by atoms with van der Waals surface area (Å²) in [5.74, 6) is -2.00. The molecule has 1 rings (SSSR count). The van der Waals surface area contributed by atoms with E-state index in [0.29, 0.717) is 0 Å². The van der Waals surface area contributed by atoms with Gasteiger partial charge in [-0.05, 0) is 6.07 Å². The van der Waals surface area contributed by atoms with Crippen LogP contribution in [0, 0.1) is 0 Å². The van der Waals surface area contributed by atoms with Crippen LogP contribution in [0.3, 0.4) is 0 Å². The van der Waals surface area contributed by atoms with Crippen molar-refractivity contribution in [1.29, 1.82) is 0 Å². The van der Waals surface area contributed by atoms with E-state index < -0.39 is 30.3 Å². The number of ketones is 1. The first-order valence-electron chi connectivity index (χ1n) is 5.01. The van der Waals surface area contributed by atoms with E-state index in [0.717, 1.165) is 23.0 Å². The molecule has 0 amide bonds. The Morgan fingerprint density at radius 2 is 1.84 bits per heavy atom. The number of aromatic nitrogens is 1. The maximum Gasteiger partial charge on any atom is 0.454 e. The quantitative estimate of drug-likeness (QED) is 0.474. The van der Waals surface area contributed by atoms with E-state index in [4.69, 9.17) is 0 Å². The minimum absolute atomic E-state index is 0.0821. The lowest BCUT2D eigenvalue weighted by molar-refractivity contribution is -0.174. The van der Waals surface area contributed by atoms with E-state index in [1.54, 1.807) is 0 Å². The Bertz CT molecular complexity index is 434. The van der Waals surface area contributed by atoms with E-state index in [-0.39, 0.29) is 13.2 Å². The third-order valence-electron chi connectivity index (χ3n) is 2.03. The van der Waals surface area contributed by atoms with Gasteiger partial charge in [-0.2, -0.15) is 26.3 Å². The number of carbonyl (C=O) groups excluding carboxylic acids is 1. The van der Waals surface area contributed by atoms with E-state index in [2.05, 4.69) is 4.74 Å². The second-order valence-corrected chi connectivity index (χ2v) is 3.63. The molecule has 0 spiro atoms. The van der Waals surface area contributed by atoms with Crippen LogP contribution in [-0.4, -0.2) is 35.9 Å². The highest BCUT2D eigenvalue weighted by molar-refractivity contribution is 6.00. The van der Waals surface area contributed by atoms with E-state index in [1.165, 1.54) is 0 Å². The van der Waals surface area contributed by atoms with Crippen LogP contribution in [0.25, 0.3) is 0 Å². The summed E-state index contributed by atoms with van der Waals surface area (Å²) in [4.78, 5) is 10.8. The molecular formula is C10H9F6NO2. The number of alkyl halides is 6. The van der Waals surface area contributed by atoms with Crippen molar-refractivity contribution in [2.75, 3.05) is 13.2 Å². The summed E-state index contributed by atoms with van der Waals surface area (Å²) < 4.78 is 76.8. The smallest absolute Gasteiger partial charge is 0.370 e. The number of nitrogens with zero attached hydrogens (tertiary/aromatic N) is 1. The third kappa shape index (κ3) is 5.33. The van der Waals surface area contributed by atoms with Crippen molar-refractivity contribution >= 4 is 5.78 Å². The molecule has 3 nitrogen and oxygen atoms in total. The molecular weight excluding hydrogens is 280 g/mol. The fourth-order valence-corrected chi connectivity index (χ4v) is 1.24. The fraction of sp³-hybridized carbons (Fsp3) is 0.500. The van der Waals surface area contributed by atoms with Gasteiger partial charge in [0.25, 0.3) is 5.78 Å². The average Bonchev–Trinajstić information content (AvgIpc) is 2.69. The summed E-state index contributed by atoms with van der Waals surface area (Å²) in [6.07, 6.45) is -7.35. The van der Waals surface area contributed by atoms with Gasteiger partial charge in [-0.1, -0.05) is 0 Å². The van der Waals surface area contributed by atoms with Crippen molar-refractivity contribution in [2.45, 2.75) is 18.9 Å². The van der Waals surface area contributed by atoms with Gasteiger partial charge >= 0.3 is 12.4 Å². The van der Waals surface area contributed by atoms with E-state index >= 15 is 0 Å². The van der Waals surface area contributed by atoms with Crippen molar-refractivity contribution in [2.24, 2.45) is 0 Å². The molecule has 9 heteroatoms. The minimum atomic E-state index is -4.97. The summed E-state index contributed by atoms with van der Waals surface area (Å²) >= 11 is 0. The average molecular weight is 289 g/mol. The number of carbonyl (C=O) groups is 1. The zero-order valence-electron chi connectivity index (χ0n) is 9.38. The Morgan fingerprint density at radius 1 is 1.21 bits per heavy atom. The highest BCUT2D eigenvalue weighted by Gasteiger charge is 2.39. The highest BCUT2D eigenvalue weighted by Crippen LogP contribution is 2.21. The van der Waals surface area contributed by atoms with Crippen LogP contribution in [0.5, 0.6) is 0 Å². The number of hydrogen-bond donors (Lipinski definition) is 0. The van der Waals surface area contributed by atoms with Gasteiger partial charge in [0.1, 0.15) is 6.61 Å². The molecule has 0 aliphatic carbocycles. The lowest BCUT2D eigenvalue weighted by Gasteiger charge is -2.08. The second-order valence-electron chi connectivity index (χ2n) is 3.63. The zero-order chi connectivity index (χ0) is 14.7. The van der Waals surface area contributed by atoms with Crippen molar-refractivity contribution in [3.8, 4) is 0 Å². The fourth-order valence-electron chi connectivity index (χ4n) is 1.24. The molecule has 0 bridgehead atoms. The van der Waals surface area contributed by atoms with Crippen molar-refractivity contribution in [3.05, 3.63) is 24.0 Å². The molecule has 1 aromatic heterocycles. The molecule has 0 fully saturated rings. The summed E-state index contributed by atoms with van der Waals surface area (Å²) in [5.41, 5.74) is -0.566. The molecule has 1 aromatic rings. The van der Waals surface area contributed by atoms with Gasteiger partial charge in [0.05, 0.1) is 6.61 Å². The maximum atomic E-state index is 12.1. The molecule has 0 saturated heterocycles. The van der Waals surface area contributed by atoms with Crippen LogP contribution in [0.2, 0.25) is 0 Å². The van der Waals surface area contributed by atoms with Gasteiger partial charge in [-0.25, -0.2) is 0 Å². The molecule has 0 N–H and O–H groups in total. The van der Waals surface area contributed by atoms with Crippen LogP contribution >= 0.6 is 0 Å². The highest BCUT2D eigenvalue weighted by atomic mass is 19.4. The Balaban J connectivity index is 2.46. The minimum Gasteiger partial charge on any atom is -0.370 e. The lowest BCUT2D eigenvalue weighted by atomic mass is 10.2. The largest absolute Gasteiger partial charge is 0.454 e. The third-order valence-corrected chi connectivity index (χ3v) is 2.03. The molecule has 0 saturated carbocycles. The summed E-state index contributed by atoms with van der Waals surface area (Å²) in [7, 11) is 0. The molecule has 0 atom stereocenters. The molecule has 0 unspecified atom stereocenters. The number of ether oxygens (including phenoxy) is 1. The van der Waals surface area contributed by atoms with Crippen molar-refractivity contribution in [1.82, 2.24) is 4.57 Å². The van der Waals surface area contributed by atoms with Gasteiger partial charge in [-0.15, -0.1) is 0 Å². The Hall–Kier alpha value is -1.51. The normalized spacial score (nSPS) is 12.7. The van der Waals surface area contributed by atoms with Gasteiger partial charge in [-0.3, -0.25) is 4.79 Å². The van der Waals surface area contributed by atoms with Crippen LogP contribution in [0.15, 0.2) is 18.5 Å². The van der Waals surface area contributed by atoms with Crippen molar-refractivity contribution in [3.63, 3.8) is 0 Å². The summed E-state index contributed by atoms with van der Waals surface area (Å²) in [5, 5.41) is 0. The number of Topliss-reactive ketones (excluding diaryl/α,β-unsaturated/α-hetero) is 1. The van der Waals surface area contributed by atoms with Gasteiger partial charge in [0.2, 0.25) is 0 Å². The molecule has 108 valence electrons. The first-order chi connectivity index (χ1) is 8.59. The van der Waals surface area contributed by atoms with Crippen LogP contribution in [-0.2, 0) is 11.3 Å². The standard InChI is InChI=1S/C10H9F6NO2/c11-9(12,13)6-19-4-3-17-2-1-7(5-17)8(18)10(14,15)16/h1-2,5H,3-4,6H2. The Labute approximate surface area is 103 Å². The summed E-state index contributed by atoms with van der Waals surface area (Å²) in [6, 6.07) is 0.944. The van der Waals surface area contributed by atoms with Gasteiger partial charge < -0.3 is 9.30 Å². The predicted octanol–water partition coefficient (Wildman–Crippen LogP) is 2.81. The molecule has 0 radical (unpaired) electrons. The Kier molecular flexibility index (Phi) is 4.61. The lowest BCUT2D eigenvalue weighted by Crippen LogP contribution is -2.22. The zero-order valence-corrected chi connectivity index (χ0v) is 9.38. The molecule has 19 heavy (non-hydrogen) atoms. The number of hydrogen-bond acceptors (Lipinski definition) is 2. The van der Waals surface area contributed by atoms with Crippen LogP contribution in [0.4, 0.5) is 26.3 Å². The number of halogens is 6. The topological polar surface area (TPSA) is 31.2 Å². The maximum absolute atomic E-state index is 12.1. The Morgan fingerprint density at radius 3 is 2.37 bits per heavy atom. The molecule has 1 heterocycles. The summed E-state index contributed by atoms with van der Waals surface area (Å²) in [6.45, 7) is -1.84. The van der Waals surface area contributed by atoms with Crippen LogP contribution < -0.4 is 0 Å². The number of rotatable bonds is 5. The van der Waals surface area contributed by atoms with Gasteiger partial charge in [0.15, 0.2) is 0 Å². The monoisotopic (exact) mass is 289 g/mol. The predicted molar refractivity (Wildman–Crippen MR) is 51.7 cm³/mol. The first-order valence-corrected chi connectivity index (χ1v) is 5.01. The van der Waals surface area contributed by atoms with E-state index in [1.807, 2.05) is 0 Å². The van der Waals surface area contributed by atoms with Crippen molar-refractivity contribution < 1.29 is 35.9 Å². The van der Waals surface area contributed by atoms with E-state index in [9.17, 15) is 31.1 Å². The molecule has 0 aliphatic heterocycles.